The maximum absolute atomic E-state index is 4.72. The predicted molar refractivity (Wildman–Crippen MR) is 99.6 cm³/mol. The Kier molecular flexibility index (Phi) is 4.36. The Morgan fingerprint density at radius 1 is 1.20 bits per heavy atom. The minimum atomic E-state index is 0.468. The van der Waals surface area contributed by atoms with E-state index in [4.69, 9.17) is 4.98 Å². The largest absolute Gasteiger partial charge is 0.354 e. The maximum atomic E-state index is 4.72. The van der Waals surface area contributed by atoms with Crippen LogP contribution in [0.2, 0.25) is 0 Å². The Morgan fingerprint density at radius 2 is 2.04 bits per heavy atom. The summed E-state index contributed by atoms with van der Waals surface area (Å²) in [6, 6.07) is 11.0. The summed E-state index contributed by atoms with van der Waals surface area (Å²) in [5.74, 6) is 1.81. The number of anilines is 1. The average molecular weight is 336 g/mol. The number of aromatic nitrogens is 4. The molecule has 0 saturated carbocycles. The third-order valence-corrected chi connectivity index (χ3v) is 4.84. The molecule has 1 atom stereocenters. The number of rotatable bonds is 4. The molecule has 0 radical (unpaired) electrons. The maximum Gasteiger partial charge on any atom is 0.163 e. The van der Waals surface area contributed by atoms with E-state index in [1.54, 1.807) is 0 Å². The van der Waals surface area contributed by atoms with E-state index in [1.165, 1.54) is 12.0 Å². The van der Waals surface area contributed by atoms with Crippen molar-refractivity contribution < 1.29 is 0 Å². The summed E-state index contributed by atoms with van der Waals surface area (Å²) in [4.78, 5) is 11.6. The Morgan fingerprint density at radius 3 is 2.88 bits per heavy atom. The zero-order chi connectivity index (χ0) is 17.2. The van der Waals surface area contributed by atoms with Crippen LogP contribution in [0, 0.1) is 6.92 Å². The van der Waals surface area contributed by atoms with Crippen molar-refractivity contribution in [2.24, 2.45) is 7.05 Å². The lowest BCUT2D eigenvalue weighted by atomic mass is 10.0. The number of nitrogens with zero attached hydrogens (tertiary/aromatic N) is 5. The van der Waals surface area contributed by atoms with Gasteiger partial charge in [-0.1, -0.05) is 30.3 Å². The third-order valence-electron chi connectivity index (χ3n) is 4.84. The molecule has 1 aliphatic rings. The van der Waals surface area contributed by atoms with E-state index in [1.807, 2.05) is 24.9 Å². The molecule has 6 heteroatoms. The average Bonchev–Trinajstić information content (AvgIpc) is 3.01. The zero-order valence-corrected chi connectivity index (χ0v) is 14.8. The molecule has 0 spiro atoms. The minimum Gasteiger partial charge on any atom is -0.354 e. The highest BCUT2D eigenvalue weighted by Crippen LogP contribution is 2.26. The molecule has 0 aliphatic carbocycles. The van der Waals surface area contributed by atoms with Crippen LogP contribution >= 0.6 is 0 Å². The Balaban J connectivity index is 1.51. The summed E-state index contributed by atoms with van der Waals surface area (Å²) in [5, 5.41) is 9.10. The second kappa shape index (κ2) is 6.80. The van der Waals surface area contributed by atoms with E-state index in [0.29, 0.717) is 6.04 Å². The van der Waals surface area contributed by atoms with Crippen LogP contribution in [-0.4, -0.2) is 38.9 Å². The van der Waals surface area contributed by atoms with Crippen LogP contribution in [0.3, 0.4) is 0 Å². The van der Waals surface area contributed by atoms with Gasteiger partial charge in [0.05, 0.1) is 11.6 Å². The van der Waals surface area contributed by atoms with Crippen LogP contribution in [0.4, 0.5) is 5.82 Å². The molecule has 1 N–H and O–H groups in total. The Hall–Kier alpha value is -2.47. The molecule has 1 aromatic carbocycles. The molecule has 6 nitrogen and oxygen atoms in total. The zero-order valence-electron chi connectivity index (χ0n) is 14.8. The number of hydrogen-bond donors (Lipinski definition) is 1. The molecule has 1 unspecified atom stereocenters. The molecule has 0 bridgehead atoms. The van der Waals surface area contributed by atoms with Gasteiger partial charge in [0.15, 0.2) is 5.65 Å². The standard InChI is InChI=1S/C19H24N6/c1-14-22-18-17(12-21-24(18)2)19(23-14)25-10-6-9-16(13-25)20-11-15-7-4-3-5-8-15/h3-5,7-8,12,16,20H,6,9-11,13H2,1-2H3. The number of benzene rings is 1. The van der Waals surface area contributed by atoms with E-state index >= 15 is 0 Å². The molecule has 1 saturated heterocycles. The van der Waals surface area contributed by atoms with Gasteiger partial charge in [-0.05, 0) is 25.3 Å². The van der Waals surface area contributed by atoms with E-state index in [2.05, 4.69) is 50.6 Å². The minimum absolute atomic E-state index is 0.468. The molecule has 3 heterocycles. The summed E-state index contributed by atoms with van der Waals surface area (Å²) in [6.07, 6.45) is 4.24. The van der Waals surface area contributed by atoms with Crippen LogP contribution in [0.1, 0.15) is 24.2 Å². The van der Waals surface area contributed by atoms with Crippen molar-refractivity contribution in [3.63, 3.8) is 0 Å². The summed E-state index contributed by atoms with van der Waals surface area (Å²) in [6.45, 7) is 4.85. The highest BCUT2D eigenvalue weighted by Gasteiger charge is 2.23. The van der Waals surface area contributed by atoms with Crippen LogP contribution in [0.5, 0.6) is 0 Å². The summed E-state index contributed by atoms with van der Waals surface area (Å²) < 4.78 is 1.82. The SMILES string of the molecule is Cc1nc(N2CCCC(NCc3ccccc3)C2)c2cnn(C)c2n1. The number of hydrogen-bond acceptors (Lipinski definition) is 5. The molecule has 25 heavy (non-hydrogen) atoms. The van der Waals surface area contributed by atoms with Crippen molar-refractivity contribution in [3.8, 4) is 0 Å². The number of piperidine rings is 1. The molecule has 2 aromatic heterocycles. The van der Waals surface area contributed by atoms with Gasteiger partial charge in [0.2, 0.25) is 0 Å². The van der Waals surface area contributed by atoms with Crippen molar-refractivity contribution >= 4 is 16.9 Å². The number of aryl methyl sites for hydroxylation is 2. The lowest BCUT2D eigenvalue weighted by molar-refractivity contribution is 0.420. The molecular weight excluding hydrogens is 312 g/mol. The second-order valence-electron chi connectivity index (χ2n) is 6.75. The fourth-order valence-corrected chi connectivity index (χ4v) is 3.55. The smallest absolute Gasteiger partial charge is 0.163 e. The number of nitrogens with one attached hydrogen (secondary N) is 1. The van der Waals surface area contributed by atoms with Gasteiger partial charge in [0, 0.05) is 32.7 Å². The molecular formula is C19H24N6. The predicted octanol–water partition coefficient (Wildman–Crippen LogP) is 2.43. The first-order chi connectivity index (χ1) is 12.2. The molecule has 3 aromatic rings. The highest BCUT2D eigenvalue weighted by atomic mass is 15.3. The van der Waals surface area contributed by atoms with Gasteiger partial charge in [-0.15, -0.1) is 0 Å². The van der Waals surface area contributed by atoms with Crippen LogP contribution in [-0.2, 0) is 13.6 Å². The topological polar surface area (TPSA) is 58.9 Å². The van der Waals surface area contributed by atoms with Gasteiger partial charge in [0.1, 0.15) is 11.6 Å². The van der Waals surface area contributed by atoms with E-state index in [-0.39, 0.29) is 0 Å². The van der Waals surface area contributed by atoms with Crippen LogP contribution < -0.4 is 10.2 Å². The lowest BCUT2D eigenvalue weighted by Gasteiger charge is -2.34. The van der Waals surface area contributed by atoms with Crippen molar-refractivity contribution in [3.05, 3.63) is 47.9 Å². The first-order valence-electron chi connectivity index (χ1n) is 8.89. The van der Waals surface area contributed by atoms with Gasteiger partial charge in [-0.2, -0.15) is 5.10 Å². The summed E-state index contributed by atoms with van der Waals surface area (Å²) in [7, 11) is 1.93. The van der Waals surface area contributed by atoms with Gasteiger partial charge >= 0.3 is 0 Å². The van der Waals surface area contributed by atoms with Gasteiger partial charge in [-0.25, -0.2) is 9.97 Å². The monoisotopic (exact) mass is 336 g/mol. The van der Waals surface area contributed by atoms with Crippen molar-refractivity contribution in [2.45, 2.75) is 32.4 Å². The van der Waals surface area contributed by atoms with Gasteiger partial charge < -0.3 is 10.2 Å². The molecule has 0 amide bonds. The summed E-state index contributed by atoms with van der Waals surface area (Å²) in [5.41, 5.74) is 2.23. The molecule has 1 fully saturated rings. The lowest BCUT2D eigenvalue weighted by Crippen LogP contribution is -2.46. The summed E-state index contributed by atoms with van der Waals surface area (Å²) >= 11 is 0. The quantitative estimate of drug-likeness (QED) is 0.793. The second-order valence-corrected chi connectivity index (χ2v) is 6.75. The van der Waals surface area contributed by atoms with E-state index in [0.717, 1.165) is 48.7 Å². The van der Waals surface area contributed by atoms with Crippen LogP contribution in [0.15, 0.2) is 36.5 Å². The van der Waals surface area contributed by atoms with Crippen molar-refractivity contribution in [2.75, 3.05) is 18.0 Å². The van der Waals surface area contributed by atoms with Crippen molar-refractivity contribution in [1.82, 2.24) is 25.1 Å². The fraction of sp³-hybridized carbons (Fsp3) is 0.421. The normalized spacial score (nSPS) is 18.0. The first-order valence-corrected chi connectivity index (χ1v) is 8.89. The Bertz CT molecular complexity index is 857. The fourth-order valence-electron chi connectivity index (χ4n) is 3.55. The van der Waals surface area contributed by atoms with E-state index in [9.17, 15) is 0 Å². The molecule has 4 rings (SSSR count). The first kappa shape index (κ1) is 16.0. The number of fused-ring (bicyclic) bond motifs is 1. The van der Waals surface area contributed by atoms with Crippen LogP contribution in [0.25, 0.3) is 11.0 Å². The van der Waals surface area contributed by atoms with Crippen molar-refractivity contribution in [1.29, 1.82) is 0 Å². The highest BCUT2D eigenvalue weighted by molar-refractivity contribution is 5.87. The third kappa shape index (κ3) is 3.35. The molecule has 130 valence electrons. The van der Waals surface area contributed by atoms with Gasteiger partial charge in [-0.3, -0.25) is 4.68 Å². The van der Waals surface area contributed by atoms with E-state index < -0.39 is 0 Å². The molecule has 1 aliphatic heterocycles. The van der Waals surface area contributed by atoms with Gasteiger partial charge in [0.25, 0.3) is 0 Å². The Labute approximate surface area is 147 Å².